The topological polar surface area (TPSA) is 58.6 Å². The summed E-state index contributed by atoms with van der Waals surface area (Å²) in [6.07, 6.45) is 2.22. The van der Waals surface area contributed by atoms with E-state index >= 15 is 0 Å². The summed E-state index contributed by atoms with van der Waals surface area (Å²) in [5, 5.41) is 3.92. The van der Waals surface area contributed by atoms with E-state index < -0.39 is 6.04 Å². The number of hydrogen-bond acceptors (Lipinski definition) is 3. The predicted molar refractivity (Wildman–Crippen MR) is 128 cm³/mol. The summed E-state index contributed by atoms with van der Waals surface area (Å²) >= 11 is 12.1. The van der Waals surface area contributed by atoms with Crippen molar-refractivity contribution >= 4 is 41.1 Å². The fraction of sp³-hybridized carbons (Fsp3) is 0.154. The number of halogens is 2. The van der Waals surface area contributed by atoms with Crippen LogP contribution in [0.25, 0.3) is 6.08 Å². The van der Waals surface area contributed by atoms with Gasteiger partial charge in [0.05, 0.1) is 0 Å². The first kappa shape index (κ1) is 21.6. The molecule has 5 nitrogen and oxygen atoms in total. The molecule has 1 fully saturated rings. The molecule has 3 aromatic carbocycles. The number of nitrogens with zero attached hydrogens (tertiary/aromatic N) is 1. The number of hydrogen-bond donors (Lipinski definition) is 1. The molecule has 166 valence electrons. The molecule has 1 N–H and O–H groups in total. The van der Waals surface area contributed by atoms with Crippen molar-refractivity contribution in [2.24, 2.45) is 0 Å². The second kappa shape index (κ2) is 8.93. The van der Waals surface area contributed by atoms with Gasteiger partial charge in [0.25, 0.3) is 5.91 Å². The summed E-state index contributed by atoms with van der Waals surface area (Å²) < 4.78 is 5.81. The molecule has 0 radical (unpaired) electrons. The van der Waals surface area contributed by atoms with Gasteiger partial charge < -0.3 is 15.0 Å². The highest BCUT2D eigenvalue weighted by molar-refractivity contribution is 6.35. The number of nitrogens with one attached hydrogen (secondary N) is 1. The standard InChI is InChI=1S/C26H20Cl2N2O3/c27-20-8-7-19(22(28)13-20)15-33-21-9-5-16(6-10-21)11-23-26(32)30-14-18-4-2-1-3-17(18)12-24(30)25(31)29-23/h1-11,13,24H,12,14-15H2,(H,29,31)/b23-11+/t24-/m1/s1. The molecular weight excluding hydrogens is 459 g/mol. The van der Waals surface area contributed by atoms with Crippen LogP contribution < -0.4 is 10.1 Å². The van der Waals surface area contributed by atoms with E-state index in [1.807, 2.05) is 54.6 Å². The Hall–Kier alpha value is -3.28. The smallest absolute Gasteiger partial charge is 0.271 e. The first-order valence-corrected chi connectivity index (χ1v) is 11.3. The second-order valence-corrected chi connectivity index (χ2v) is 8.91. The molecule has 1 saturated heterocycles. The normalized spacial score (nSPS) is 18.5. The van der Waals surface area contributed by atoms with E-state index in [-0.39, 0.29) is 17.5 Å². The van der Waals surface area contributed by atoms with Gasteiger partial charge in [0.1, 0.15) is 24.1 Å². The minimum Gasteiger partial charge on any atom is -0.489 e. The maximum Gasteiger partial charge on any atom is 0.271 e. The van der Waals surface area contributed by atoms with Crippen LogP contribution in [-0.2, 0) is 29.2 Å². The van der Waals surface area contributed by atoms with Crippen molar-refractivity contribution in [2.75, 3.05) is 0 Å². The average Bonchev–Trinajstić information content (AvgIpc) is 2.82. The Bertz CT molecular complexity index is 1270. The maximum atomic E-state index is 13.1. The van der Waals surface area contributed by atoms with Gasteiger partial charge in [0.2, 0.25) is 5.91 Å². The first-order chi connectivity index (χ1) is 16.0. The molecule has 0 saturated carbocycles. The molecule has 5 rings (SSSR count). The predicted octanol–water partition coefficient (Wildman–Crippen LogP) is 5.00. The molecule has 1 atom stereocenters. The summed E-state index contributed by atoms with van der Waals surface area (Å²) in [4.78, 5) is 27.5. The zero-order chi connectivity index (χ0) is 22.9. The van der Waals surface area contributed by atoms with Crippen molar-refractivity contribution in [2.45, 2.75) is 25.6 Å². The van der Waals surface area contributed by atoms with Crippen LogP contribution in [0.1, 0.15) is 22.3 Å². The Morgan fingerprint density at radius 1 is 1.00 bits per heavy atom. The van der Waals surface area contributed by atoms with Crippen molar-refractivity contribution in [3.05, 3.63) is 105 Å². The van der Waals surface area contributed by atoms with Gasteiger partial charge in [-0.05, 0) is 47.0 Å². The third-order valence-corrected chi connectivity index (χ3v) is 6.49. The number of piperazine rings is 1. The Balaban J connectivity index is 1.29. The van der Waals surface area contributed by atoms with Crippen molar-refractivity contribution < 1.29 is 14.3 Å². The number of carbonyl (C=O) groups excluding carboxylic acids is 2. The van der Waals surface area contributed by atoms with E-state index in [1.54, 1.807) is 23.1 Å². The molecular formula is C26H20Cl2N2O3. The lowest BCUT2D eigenvalue weighted by Gasteiger charge is -2.39. The fourth-order valence-corrected chi connectivity index (χ4v) is 4.58. The van der Waals surface area contributed by atoms with Gasteiger partial charge in [-0.15, -0.1) is 0 Å². The van der Waals surface area contributed by atoms with Crippen LogP contribution in [0, 0.1) is 0 Å². The molecule has 0 aliphatic carbocycles. The molecule has 0 spiro atoms. The van der Waals surface area contributed by atoms with E-state index in [4.69, 9.17) is 27.9 Å². The van der Waals surface area contributed by atoms with Crippen LogP contribution in [0.3, 0.4) is 0 Å². The van der Waals surface area contributed by atoms with Crippen LogP contribution in [0.2, 0.25) is 10.0 Å². The van der Waals surface area contributed by atoms with Crippen molar-refractivity contribution in [1.29, 1.82) is 0 Å². The fourth-order valence-electron chi connectivity index (χ4n) is 4.12. The highest BCUT2D eigenvalue weighted by atomic mass is 35.5. The summed E-state index contributed by atoms with van der Waals surface area (Å²) in [6.45, 7) is 0.743. The molecule has 0 bridgehead atoms. The van der Waals surface area contributed by atoms with Crippen molar-refractivity contribution in [3.8, 4) is 5.75 Å². The number of benzene rings is 3. The minimum atomic E-state index is -0.472. The largest absolute Gasteiger partial charge is 0.489 e. The number of carbonyl (C=O) groups is 2. The van der Waals surface area contributed by atoms with Crippen LogP contribution >= 0.6 is 23.2 Å². The van der Waals surface area contributed by atoms with Crippen LogP contribution in [-0.4, -0.2) is 22.8 Å². The van der Waals surface area contributed by atoms with E-state index in [2.05, 4.69) is 5.32 Å². The third-order valence-electron chi connectivity index (χ3n) is 5.90. The SMILES string of the molecule is O=C1N/C(=C/c2ccc(OCc3ccc(Cl)cc3Cl)cc2)C(=O)N2Cc3ccccc3C[C@H]12. The van der Waals surface area contributed by atoms with Gasteiger partial charge in [0, 0.05) is 28.6 Å². The molecule has 2 amide bonds. The number of ether oxygens (including phenoxy) is 1. The molecule has 33 heavy (non-hydrogen) atoms. The van der Waals surface area contributed by atoms with Crippen LogP contribution in [0.4, 0.5) is 0 Å². The molecule has 0 aromatic heterocycles. The molecule has 3 aromatic rings. The van der Waals surface area contributed by atoms with E-state index in [0.717, 1.165) is 22.3 Å². The molecule has 2 aliphatic rings. The van der Waals surface area contributed by atoms with Gasteiger partial charge in [-0.25, -0.2) is 0 Å². The van der Waals surface area contributed by atoms with Crippen molar-refractivity contribution in [1.82, 2.24) is 10.2 Å². The summed E-state index contributed by atoms with van der Waals surface area (Å²) in [5.74, 6) is 0.330. The Labute approximate surface area is 201 Å². The average molecular weight is 479 g/mol. The number of amides is 2. The molecule has 7 heteroatoms. The number of fused-ring (bicyclic) bond motifs is 2. The Morgan fingerprint density at radius 2 is 1.76 bits per heavy atom. The lowest BCUT2D eigenvalue weighted by atomic mass is 9.91. The van der Waals surface area contributed by atoms with E-state index in [0.29, 0.717) is 35.4 Å². The van der Waals surface area contributed by atoms with E-state index in [1.165, 1.54) is 0 Å². The first-order valence-electron chi connectivity index (χ1n) is 10.5. The highest BCUT2D eigenvalue weighted by Gasteiger charge is 2.40. The number of rotatable bonds is 4. The molecule has 2 heterocycles. The lowest BCUT2D eigenvalue weighted by molar-refractivity contribution is -0.143. The van der Waals surface area contributed by atoms with Crippen LogP contribution in [0.15, 0.2) is 72.4 Å². The van der Waals surface area contributed by atoms with Gasteiger partial charge >= 0.3 is 0 Å². The Kier molecular flexibility index (Phi) is 5.83. The minimum absolute atomic E-state index is 0.157. The van der Waals surface area contributed by atoms with Gasteiger partial charge in [-0.1, -0.05) is 65.7 Å². The molecule has 2 aliphatic heterocycles. The lowest BCUT2D eigenvalue weighted by Crippen LogP contribution is -2.58. The van der Waals surface area contributed by atoms with Gasteiger partial charge in [-0.2, -0.15) is 0 Å². The summed E-state index contributed by atoms with van der Waals surface area (Å²) in [5.41, 5.74) is 4.09. The summed E-state index contributed by atoms with van der Waals surface area (Å²) in [6, 6.07) is 20.0. The van der Waals surface area contributed by atoms with Crippen LogP contribution in [0.5, 0.6) is 5.75 Å². The van der Waals surface area contributed by atoms with Crippen molar-refractivity contribution in [3.63, 3.8) is 0 Å². The Morgan fingerprint density at radius 3 is 2.52 bits per heavy atom. The third kappa shape index (κ3) is 4.47. The van der Waals surface area contributed by atoms with E-state index in [9.17, 15) is 9.59 Å². The monoisotopic (exact) mass is 478 g/mol. The zero-order valence-electron chi connectivity index (χ0n) is 17.6. The highest BCUT2D eigenvalue weighted by Crippen LogP contribution is 2.28. The van der Waals surface area contributed by atoms with Gasteiger partial charge in [-0.3, -0.25) is 9.59 Å². The molecule has 0 unspecified atom stereocenters. The zero-order valence-corrected chi connectivity index (χ0v) is 19.1. The second-order valence-electron chi connectivity index (χ2n) is 8.06. The quantitative estimate of drug-likeness (QED) is 0.536. The van der Waals surface area contributed by atoms with Gasteiger partial charge in [0.15, 0.2) is 0 Å². The summed E-state index contributed by atoms with van der Waals surface area (Å²) in [7, 11) is 0. The maximum absolute atomic E-state index is 13.1.